The van der Waals surface area contributed by atoms with Crippen molar-refractivity contribution in [3.05, 3.63) is 37.2 Å². The van der Waals surface area contributed by atoms with Crippen molar-refractivity contribution < 1.29 is 0 Å². The average Bonchev–Trinajstić information content (AvgIpc) is 3.03. The molecule has 0 saturated carbocycles. The highest BCUT2D eigenvalue weighted by atomic mass is 31.3. The number of hydrogen-bond acceptors (Lipinski definition) is 9. The Morgan fingerprint density at radius 3 is 0.889 bits per heavy atom. The first kappa shape index (κ1) is 10.6. The smallest absolute Gasteiger partial charge is 0.267 e. The van der Waals surface area contributed by atoms with Crippen LogP contribution < -0.4 is 30.5 Å². The van der Waals surface area contributed by atoms with Gasteiger partial charge in [0.2, 0.25) is 0 Å². The second kappa shape index (κ2) is 3.38. The predicted octanol–water partition coefficient (Wildman–Crippen LogP) is 1.83. The van der Waals surface area contributed by atoms with Crippen molar-refractivity contribution in [2.45, 2.75) is 0 Å². The first-order valence-electron chi connectivity index (χ1n) is 5.27. The molecular weight excluding hydrogens is 291 g/mol. The molecule has 3 spiro atoms. The summed E-state index contributed by atoms with van der Waals surface area (Å²) in [7, 11) is -6.47. The molecule has 0 aromatic heterocycles. The van der Waals surface area contributed by atoms with E-state index in [0.29, 0.717) is 0 Å². The molecule has 0 atom stereocenters. The van der Waals surface area contributed by atoms with Crippen LogP contribution in [-0.2, 0) is 0 Å². The second-order valence-corrected chi connectivity index (χ2v) is 11.1. The molecule has 96 valence electrons. The summed E-state index contributed by atoms with van der Waals surface area (Å²) in [5, 5.41) is 19.4. The van der Waals surface area contributed by atoms with Crippen molar-refractivity contribution in [1.82, 2.24) is 30.5 Å². The van der Waals surface area contributed by atoms with Crippen LogP contribution in [0.2, 0.25) is 0 Å². The van der Waals surface area contributed by atoms with Crippen LogP contribution in [0, 0.1) is 0 Å². The van der Waals surface area contributed by atoms with Gasteiger partial charge in [0, 0.05) is 37.2 Å². The summed E-state index contributed by atoms with van der Waals surface area (Å²) in [6.07, 6.45) is 11.0. The summed E-state index contributed by atoms with van der Waals surface area (Å²) >= 11 is 0. The summed E-state index contributed by atoms with van der Waals surface area (Å²) in [4.78, 5) is 0. The van der Waals surface area contributed by atoms with E-state index in [9.17, 15) is 0 Å². The fourth-order valence-electron chi connectivity index (χ4n) is 1.88. The normalized spacial score (nSPS) is 29.3. The van der Waals surface area contributed by atoms with Gasteiger partial charge < -0.3 is 30.5 Å². The zero-order valence-electron chi connectivity index (χ0n) is 9.15. The van der Waals surface area contributed by atoms with Gasteiger partial charge in [0.25, 0.3) is 22.5 Å². The minimum atomic E-state index is -2.16. The van der Waals surface area contributed by atoms with Gasteiger partial charge in [-0.05, 0) is 0 Å². The maximum atomic E-state index is 4.80. The van der Waals surface area contributed by atoms with E-state index in [1.807, 2.05) is 37.2 Å². The fourth-order valence-corrected chi connectivity index (χ4v) is 12.2. The second-order valence-electron chi connectivity index (χ2n) is 3.85. The molecule has 0 aromatic rings. The Hall–Kier alpha value is -1.29. The molecule has 4 aliphatic heterocycles. The zero-order chi connectivity index (χ0) is 12.1. The molecule has 0 aromatic carbocycles. The van der Waals surface area contributed by atoms with Gasteiger partial charge in [0.05, 0.1) is 0 Å². The Kier molecular flexibility index (Phi) is 1.99. The van der Waals surface area contributed by atoms with Crippen molar-refractivity contribution >= 4 is 22.5 Å². The lowest BCUT2D eigenvalue weighted by Gasteiger charge is -2.30. The molecule has 4 aliphatic rings. The first-order chi connectivity index (χ1) is 8.74. The van der Waals surface area contributed by atoms with Crippen LogP contribution in [0.15, 0.2) is 50.7 Å². The maximum Gasteiger partial charge on any atom is 0.267 e. The lowest BCUT2D eigenvalue weighted by atomic mass is 11.0. The summed E-state index contributed by atoms with van der Waals surface area (Å²) in [6, 6.07) is 0. The topological polar surface area (TPSA) is 109 Å². The highest BCUT2D eigenvalue weighted by Crippen LogP contribution is 2.72. The molecule has 0 saturated heterocycles. The summed E-state index contributed by atoms with van der Waals surface area (Å²) in [5.74, 6) is 0. The van der Waals surface area contributed by atoms with Crippen molar-refractivity contribution in [3.63, 3.8) is 0 Å². The molecule has 4 heterocycles. The first-order valence-corrected chi connectivity index (χ1v) is 10.4. The lowest BCUT2D eigenvalue weighted by molar-refractivity contribution is 1.23. The van der Waals surface area contributed by atoms with Crippen molar-refractivity contribution in [2.24, 2.45) is 13.5 Å². The Balaban J connectivity index is 1.93. The van der Waals surface area contributed by atoms with Gasteiger partial charge in [-0.2, -0.15) is 13.5 Å². The van der Waals surface area contributed by atoms with E-state index in [1.54, 1.807) is 0 Å². The summed E-state index contributed by atoms with van der Waals surface area (Å²) < 4.78 is 14.4. The third kappa shape index (κ3) is 1.45. The van der Waals surface area contributed by atoms with Crippen LogP contribution >= 0.6 is 22.5 Å². The lowest BCUT2D eigenvalue weighted by Crippen LogP contribution is -2.16. The molecule has 0 amide bonds. The molecule has 0 aliphatic carbocycles. The Labute approximate surface area is 104 Å². The van der Waals surface area contributed by atoms with Gasteiger partial charge in [-0.1, -0.05) is 0 Å². The van der Waals surface area contributed by atoms with E-state index in [-0.39, 0.29) is 0 Å². The number of hydrogen-bond donors (Lipinski definition) is 6. The van der Waals surface area contributed by atoms with Crippen LogP contribution in [0.1, 0.15) is 0 Å². The van der Waals surface area contributed by atoms with Gasteiger partial charge in [0.1, 0.15) is 0 Å². The Morgan fingerprint density at radius 2 is 0.667 bits per heavy atom. The number of nitrogens with zero attached hydrogens (tertiary/aromatic N) is 3. The van der Waals surface area contributed by atoms with Crippen molar-refractivity contribution in [1.29, 1.82) is 0 Å². The predicted molar refractivity (Wildman–Crippen MR) is 74.3 cm³/mol. The molecule has 0 fully saturated rings. The van der Waals surface area contributed by atoms with Crippen LogP contribution in [0.3, 0.4) is 0 Å². The zero-order valence-corrected chi connectivity index (χ0v) is 11.8. The van der Waals surface area contributed by atoms with Crippen LogP contribution in [0.4, 0.5) is 0 Å². The quantitative estimate of drug-likeness (QED) is 0.381. The number of nitrogens with one attached hydrogen (secondary N) is 6. The highest BCUT2D eigenvalue weighted by molar-refractivity contribution is 7.84. The van der Waals surface area contributed by atoms with Gasteiger partial charge in [-0.25, -0.2) is 0 Å². The Morgan fingerprint density at radius 1 is 0.444 bits per heavy atom. The number of rotatable bonds is 0. The van der Waals surface area contributed by atoms with Crippen molar-refractivity contribution in [3.8, 4) is 0 Å². The van der Waals surface area contributed by atoms with Crippen LogP contribution in [0.25, 0.3) is 0 Å². The van der Waals surface area contributed by atoms with Crippen molar-refractivity contribution in [2.75, 3.05) is 0 Å². The van der Waals surface area contributed by atoms with Gasteiger partial charge in [0.15, 0.2) is 0 Å². The van der Waals surface area contributed by atoms with E-state index in [0.717, 1.165) is 0 Å². The van der Waals surface area contributed by atoms with E-state index < -0.39 is 22.5 Å². The van der Waals surface area contributed by atoms with E-state index in [1.165, 1.54) is 0 Å². The van der Waals surface area contributed by atoms with Crippen LogP contribution in [-0.4, -0.2) is 0 Å². The molecule has 18 heavy (non-hydrogen) atoms. The molecule has 6 N–H and O–H groups in total. The minimum absolute atomic E-state index is 1.84. The molecular formula is C6H12N9P3. The minimum Gasteiger partial charge on any atom is -0.324 e. The fraction of sp³-hybridized carbons (Fsp3) is 0. The van der Waals surface area contributed by atoms with E-state index >= 15 is 0 Å². The van der Waals surface area contributed by atoms with E-state index in [4.69, 9.17) is 13.5 Å². The third-order valence-electron chi connectivity index (χ3n) is 2.55. The maximum absolute atomic E-state index is 4.80. The highest BCUT2D eigenvalue weighted by Gasteiger charge is 2.38. The molecule has 0 bridgehead atoms. The largest absolute Gasteiger partial charge is 0.324 e. The summed E-state index contributed by atoms with van der Waals surface area (Å²) in [6.45, 7) is 0. The molecule has 0 radical (unpaired) electrons. The van der Waals surface area contributed by atoms with Gasteiger partial charge in [-0.15, -0.1) is 0 Å². The molecule has 12 heteroatoms. The molecule has 9 nitrogen and oxygen atoms in total. The Bertz CT molecular complexity index is 512. The summed E-state index contributed by atoms with van der Waals surface area (Å²) in [5.41, 5.74) is 0. The SMILES string of the molecule is C1=CNP2(=NP3(=NP4(=N2)NC=CN4)NC=CN3)N1. The average molecular weight is 303 g/mol. The third-order valence-corrected chi connectivity index (χ3v) is 11.8. The van der Waals surface area contributed by atoms with Crippen LogP contribution in [0.5, 0.6) is 0 Å². The van der Waals surface area contributed by atoms with Gasteiger partial charge >= 0.3 is 0 Å². The standard InChI is InChI=1S/C6H12N9P3/c1-2-8-16(7-1)13-17(9-3-4-10-17)15-18(14-16)11-5-6-12-18/h1-12H. The molecule has 4 rings (SSSR count). The van der Waals surface area contributed by atoms with Gasteiger partial charge in [-0.3, -0.25) is 0 Å². The van der Waals surface area contributed by atoms with E-state index in [2.05, 4.69) is 30.5 Å². The monoisotopic (exact) mass is 303 g/mol. The molecule has 0 unspecified atom stereocenters.